The first-order valence-corrected chi connectivity index (χ1v) is 9.61. The first-order chi connectivity index (χ1) is 12.6. The van der Waals surface area contributed by atoms with E-state index in [1.54, 1.807) is 6.07 Å². The highest BCUT2D eigenvalue weighted by Gasteiger charge is 2.26. The van der Waals surface area contributed by atoms with Gasteiger partial charge in [-0.3, -0.25) is 0 Å². The van der Waals surface area contributed by atoms with Crippen molar-refractivity contribution in [3.63, 3.8) is 0 Å². The zero-order chi connectivity index (χ0) is 18.1. The van der Waals surface area contributed by atoms with Gasteiger partial charge in [0, 0.05) is 24.8 Å². The number of benzene rings is 2. The van der Waals surface area contributed by atoms with Crippen LogP contribution in [0, 0.1) is 11.3 Å². The Morgan fingerprint density at radius 2 is 2.12 bits per heavy atom. The molecule has 0 unspecified atom stereocenters. The smallest absolute Gasteiger partial charge is 0.105 e. The number of nitriles is 1. The molecule has 1 aliphatic rings. The fourth-order valence-corrected chi connectivity index (χ4v) is 4.23. The van der Waals surface area contributed by atoms with Crippen molar-refractivity contribution >= 4 is 40.0 Å². The largest absolute Gasteiger partial charge is 0.363 e. The lowest BCUT2D eigenvalue weighted by molar-refractivity contribution is 0.407. The predicted molar refractivity (Wildman–Crippen MR) is 106 cm³/mol. The highest BCUT2D eigenvalue weighted by molar-refractivity contribution is 7.00. The maximum atomic E-state index is 9.14. The number of likely N-dealkylation sites (N-methyl/N-ethyl adjacent to an activating group) is 1. The molecule has 4 rings (SSSR count). The molecule has 0 spiro atoms. The fourth-order valence-electron chi connectivity index (χ4n) is 3.49. The van der Waals surface area contributed by atoms with E-state index in [2.05, 4.69) is 43.8 Å². The first-order valence-electron chi connectivity index (χ1n) is 8.50. The van der Waals surface area contributed by atoms with Gasteiger partial charge in [0.25, 0.3) is 0 Å². The third-order valence-electron chi connectivity index (χ3n) is 4.88. The van der Waals surface area contributed by atoms with Gasteiger partial charge in [0.05, 0.1) is 22.3 Å². The van der Waals surface area contributed by atoms with Gasteiger partial charge < -0.3 is 9.80 Å². The van der Waals surface area contributed by atoms with Crippen molar-refractivity contribution in [1.82, 2.24) is 13.6 Å². The Labute approximate surface area is 161 Å². The minimum absolute atomic E-state index is 0.410. The van der Waals surface area contributed by atoms with Gasteiger partial charge in [-0.15, -0.1) is 0 Å². The summed E-state index contributed by atoms with van der Waals surface area (Å²) >= 11 is 7.54. The van der Waals surface area contributed by atoms with Gasteiger partial charge in [-0.1, -0.05) is 17.7 Å². The van der Waals surface area contributed by atoms with E-state index in [9.17, 15) is 0 Å². The Hall–Kier alpha value is -2.20. The third kappa shape index (κ3) is 3.38. The van der Waals surface area contributed by atoms with Crippen LogP contribution in [0.4, 0.5) is 5.69 Å². The maximum absolute atomic E-state index is 9.14. The number of anilines is 1. The first kappa shape index (κ1) is 17.2. The molecule has 0 N–H and O–H groups in total. The van der Waals surface area contributed by atoms with Crippen molar-refractivity contribution in [1.29, 1.82) is 5.26 Å². The average molecular weight is 384 g/mol. The fraction of sp³-hybridized carbons (Fsp3) is 0.316. The van der Waals surface area contributed by atoms with E-state index >= 15 is 0 Å². The van der Waals surface area contributed by atoms with Crippen molar-refractivity contribution in [3.05, 3.63) is 52.5 Å². The highest BCUT2D eigenvalue weighted by atomic mass is 35.5. The number of halogens is 1. The van der Waals surface area contributed by atoms with Gasteiger partial charge in [-0.05, 0) is 55.9 Å². The molecule has 1 saturated heterocycles. The lowest BCUT2D eigenvalue weighted by Gasteiger charge is -2.31. The van der Waals surface area contributed by atoms with Crippen molar-refractivity contribution in [2.75, 3.05) is 25.0 Å². The van der Waals surface area contributed by atoms with Gasteiger partial charge >= 0.3 is 0 Å². The molecule has 132 valence electrons. The van der Waals surface area contributed by atoms with E-state index in [0.717, 1.165) is 42.8 Å². The lowest BCUT2D eigenvalue weighted by atomic mass is 10.1. The van der Waals surface area contributed by atoms with Crippen LogP contribution in [-0.4, -0.2) is 39.8 Å². The molecular formula is C19H18ClN5S. The number of rotatable bonds is 4. The summed E-state index contributed by atoms with van der Waals surface area (Å²) in [5, 5.41) is 9.64. The van der Waals surface area contributed by atoms with Crippen LogP contribution in [0.1, 0.15) is 17.5 Å². The van der Waals surface area contributed by atoms with Crippen molar-refractivity contribution in [2.45, 2.75) is 19.0 Å². The van der Waals surface area contributed by atoms with E-state index in [1.807, 2.05) is 18.2 Å². The molecule has 0 saturated carbocycles. The molecule has 0 aliphatic carbocycles. The van der Waals surface area contributed by atoms with Crippen molar-refractivity contribution < 1.29 is 0 Å². The summed E-state index contributed by atoms with van der Waals surface area (Å²) < 4.78 is 8.63. The molecule has 0 radical (unpaired) electrons. The van der Waals surface area contributed by atoms with E-state index in [4.69, 9.17) is 16.9 Å². The van der Waals surface area contributed by atoms with E-state index < -0.39 is 0 Å². The highest BCUT2D eigenvalue weighted by Crippen LogP contribution is 2.29. The Bertz CT molecular complexity index is 979. The molecule has 3 aromatic rings. The minimum Gasteiger partial charge on any atom is -0.363 e. The zero-order valence-corrected chi connectivity index (χ0v) is 16.0. The monoisotopic (exact) mass is 383 g/mol. The Kier molecular flexibility index (Phi) is 4.77. The maximum Gasteiger partial charge on any atom is 0.105 e. The number of hydrogen-bond donors (Lipinski definition) is 0. The summed E-state index contributed by atoms with van der Waals surface area (Å²) in [5.41, 5.74) is 4.63. The SMILES string of the molecule is CN1CC[C@H](N(Cc2ccc3nsnc3c2)c2ccc(C#N)c(Cl)c2)C1. The number of hydrogen-bond acceptors (Lipinski definition) is 6. The Balaban J connectivity index is 1.68. The summed E-state index contributed by atoms with van der Waals surface area (Å²) in [5.74, 6) is 0. The summed E-state index contributed by atoms with van der Waals surface area (Å²) in [6.45, 7) is 2.87. The van der Waals surface area contributed by atoms with Crippen molar-refractivity contribution in [2.24, 2.45) is 0 Å². The topological polar surface area (TPSA) is 56.1 Å². The van der Waals surface area contributed by atoms with Crippen LogP contribution in [0.3, 0.4) is 0 Å². The number of nitrogens with zero attached hydrogens (tertiary/aromatic N) is 5. The van der Waals surface area contributed by atoms with Crippen LogP contribution in [0.15, 0.2) is 36.4 Å². The minimum atomic E-state index is 0.410. The van der Waals surface area contributed by atoms with Gasteiger partial charge in [0.15, 0.2) is 0 Å². The Morgan fingerprint density at radius 3 is 2.85 bits per heavy atom. The molecule has 26 heavy (non-hydrogen) atoms. The summed E-state index contributed by atoms with van der Waals surface area (Å²) in [6.07, 6.45) is 1.11. The third-order valence-corrected chi connectivity index (χ3v) is 5.75. The summed E-state index contributed by atoms with van der Waals surface area (Å²) in [7, 11) is 2.15. The molecule has 0 bridgehead atoms. The molecular weight excluding hydrogens is 366 g/mol. The molecule has 2 aromatic carbocycles. The van der Waals surface area contributed by atoms with E-state index in [0.29, 0.717) is 16.6 Å². The second-order valence-corrected chi connectivity index (χ2v) is 7.63. The van der Waals surface area contributed by atoms with E-state index in [1.165, 1.54) is 17.3 Å². The summed E-state index contributed by atoms with van der Waals surface area (Å²) in [4.78, 5) is 4.73. The molecule has 1 aliphatic heterocycles. The second kappa shape index (κ2) is 7.20. The van der Waals surface area contributed by atoms with Crippen LogP contribution in [0.5, 0.6) is 0 Å². The molecule has 2 heterocycles. The van der Waals surface area contributed by atoms with Crippen LogP contribution >= 0.6 is 23.3 Å². The van der Waals surface area contributed by atoms with Crippen molar-refractivity contribution in [3.8, 4) is 6.07 Å². The van der Waals surface area contributed by atoms with Crippen LogP contribution in [-0.2, 0) is 6.54 Å². The molecule has 0 amide bonds. The van der Waals surface area contributed by atoms with Crippen LogP contribution in [0.2, 0.25) is 5.02 Å². The van der Waals surface area contributed by atoms with Crippen LogP contribution in [0.25, 0.3) is 11.0 Å². The molecule has 1 atom stereocenters. The molecule has 7 heteroatoms. The average Bonchev–Trinajstić information content (AvgIpc) is 3.28. The van der Waals surface area contributed by atoms with Gasteiger partial charge in [0.2, 0.25) is 0 Å². The normalized spacial score (nSPS) is 17.5. The quantitative estimate of drug-likeness (QED) is 0.683. The van der Waals surface area contributed by atoms with Gasteiger partial charge in [-0.2, -0.15) is 14.0 Å². The predicted octanol–water partition coefficient (Wildman–Crippen LogP) is 3.93. The van der Waals surface area contributed by atoms with Gasteiger partial charge in [-0.25, -0.2) is 0 Å². The number of aromatic nitrogens is 2. The second-order valence-electron chi connectivity index (χ2n) is 6.70. The molecule has 1 aromatic heterocycles. The lowest BCUT2D eigenvalue weighted by Crippen LogP contribution is -2.36. The summed E-state index contributed by atoms with van der Waals surface area (Å²) in [6, 6.07) is 14.5. The van der Waals surface area contributed by atoms with Gasteiger partial charge in [0.1, 0.15) is 17.1 Å². The molecule has 1 fully saturated rings. The number of likely N-dealkylation sites (tertiary alicyclic amines) is 1. The van der Waals surface area contributed by atoms with Crippen LogP contribution < -0.4 is 4.90 Å². The number of fused-ring (bicyclic) bond motifs is 1. The zero-order valence-electron chi connectivity index (χ0n) is 14.4. The Morgan fingerprint density at radius 1 is 1.27 bits per heavy atom. The standard InChI is InChI=1S/C19H18ClN5S/c1-24-7-6-16(12-24)25(15-4-3-14(10-21)17(20)9-15)11-13-2-5-18-19(8-13)23-26-22-18/h2-5,8-9,16H,6-7,11-12H2,1H3/t16-/m0/s1. The van der Waals surface area contributed by atoms with E-state index in [-0.39, 0.29) is 0 Å². The molecule has 5 nitrogen and oxygen atoms in total.